The first-order valence-electron chi connectivity index (χ1n) is 6.89. The zero-order valence-corrected chi connectivity index (χ0v) is 12.0. The Morgan fingerprint density at radius 1 is 1.24 bits per heavy atom. The van der Waals surface area contributed by atoms with Gasteiger partial charge in [0, 0.05) is 12.0 Å². The first-order valence-corrected chi connectivity index (χ1v) is 6.89. The number of likely N-dealkylation sites (tertiary alicyclic amines) is 1. The van der Waals surface area contributed by atoms with Crippen LogP contribution in [0.25, 0.3) is 0 Å². The lowest BCUT2D eigenvalue weighted by Gasteiger charge is -2.15. The van der Waals surface area contributed by atoms with Crippen LogP contribution in [0, 0.1) is 13.8 Å². The molecule has 0 N–H and O–H groups in total. The zero-order valence-electron chi connectivity index (χ0n) is 12.0. The lowest BCUT2D eigenvalue weighted by Crippen LogP contribution is -2.29. The van der Waals surface area contributed by atoms with Crippen LogP contribution < -0.4 is 0 Å². The highest BCUT2D eigenvalue weighted by molar-refractivity contribution is 6.06. The smallest absolute Gasteiger partial charge is 0.237 e. The molecule has 3 rings (SSSR count). The largest absolute Gasteiger partial charge is 0.361 e. The van der Waals surface area contributed by atoms with E-state index < -0.39 is 5.92 Å². The number of imide groups is 1. The number of aryl methyl sites for hydroxylation is 2. The zero-order chi connectivity index (χ0) is 15.0. The van der Waals surface area contributed by atoms with Gasteiger partial charge in [-0.05, 0) is 19.4 Å². The molecule has 1 aliphatic rings. The van der Waals surface area contributed by atoms with Crippen LogP contribution in [0.1, 0.15) is 34.9 Å². The predicted octanol–water partition coefficient (Wildman–Crippen LogP) is 2.33. The average molecular weight is 284 g/mol. The molecule has 0 aliphatic carbocycles. The Bertz CT molecular complexity index is 671. The number of carbonyl (C=O) groups is 2. The van der Waals surface area contributed by atoms with E-state index in [1.807, 2.05) is 30.3 Å². The van der Waals surface area contributed by atoms with Gasteiger partial charge < -0.3 is 4.52 Å². The lowest BCUT2D eigenvalue weighted by molar-refractivity contribution is -0.139. The van der Waals surface area contributed by atoms with Crippen molar-refractivity contribution in [3.63, 3.8) is 0 Å². The predicted molar refractivity (Wildman–Crippen MR) is 75.3 cm³/mol. The summed E-state index contributed by atoms with van der Waals surface area (Å²) < 4.78 is 5.11. The Morgan fingerprint density at radius 3 is 2.57 bits per heavy atom. The van der Waals surface area contributed by atoms with E-state index in [9.17, 15) is 9.59 Å². The third kappa shape index (κ3) is 2.35. The maximum Gasteiger partial charge on any atom is 0.237 e. The molecule has 2 heterocycles. The average Bonchev–Trinajstić information content (AvgIpc) is 2.94. The van der Waals surface area contributed by atoms with E-state index in [0.29, 0.717) is 18.0 Å². The molecule has 21 heavy (non-hydrogen) atoms. The van der Waals surface area contributed by atoms with Gasteiger partial charge in [-0.1, -0.05) is 35.5 Å². The van der Waals surface area contributed by atoms with Crippen LogP contribution >= 0.6 is 0 Å². The van der Waals surface area contributed by atoms with Gasteiger partial charge in [-0.2, -0.15) is 0 Å². The molecule has 2 aromatic rings. The van der Waals surface area contributed by atoms with Crippen LogP contribution in [0.3, 0.4) is 0 Å². The number of amides is 2. The Labute approximate surface area is 122 Å². The van der Waals surface area contributed by atoms with Crippen LogP contribution in [-0.4, -0.2) is 21.9 Å². The summed E-state index contributed by atoms with van der Waals surface area (Å²) in [6.45, 7) is 3.88. The van der Waals surface area contributed by atoms with Crippen molar-refractivity contribution in [1.82, 2.24) is 10.1 Å². The van der Waals surface area contributed by atoms with Crippen molar-refractivity contribution in [2.75, 3.05) is 0 Å². The molecule has 0 bridgehead atoms. The second-order valence-corrected chi connectivity index (χ2v) is 5.30. The maximum atomic E-state index is 12.6. The second kappa shape index (κ2) is 5.16. The Morgan fingerprint density at radius 2 is 1.95 bits per heavy atom. The van der Waals surface area contributed by atoms with E-state index in [0.717, 1.165) is 11.1 Å². The molecule has 1 aromatic heterocycles. The molecule has 1 saturated heterocycles. The highest BCUT2D eigenvalue weighted by Crippen LogP contribution is 2.34. The molecule has 5 nitrogen and oxygen atoms in total. The molecule has 1 fully saturated rings. The summed E-state index contributed by atoms with van der Waals surface area (Å²) in [5, 5.41) is 3.87. The first-order chi connectivity index (χ1) is 10.1. The van der Waals surface area contributed by atoms with Crippen LogP contribution in [-0.2, 0) is 16.1 Å². The minimum Gasteiger partial charge on any atom is -0.361 e. The molecular formula is C16H16N2O3. The topological polar surface area (TPSA) is 63.4 Å². The first kappa shape index (κ1) is 13.5. The third-order valence-corrected chi connectivity index (χ3v) is 3.86. The van der Waals surface area contributed by atoms with Gasteiger partial charge in [-0.25, -0.2) is 0 Å². The molecule has 1 atom stereocenters. The van der Waals surface area contributed by atoms with Gasteiger partial charge in [0.25, 0.3) is 0 Å². The number of hydrogen-bond acceptors (Lipinski definition) is 4. The molecule has 1 aliphatic heterocycles. The molecule has 0 radical (unpaired) electrons. The Hall–Kier alpha value is -2.43. The van der Waals surface area contributed by atoms with E-state index in [-0.39, 0.29) is 18.2 Å². The summed E-state index contributed by atoms with van der Waals surface area (Å²) in [7, 11) is 0. The summed E-state index contributed by atoms with van der Waals surface area (Å²) in [5.74, 6) is -0.167. The summed E-state index contributed by atoms with van der Waals surface area (Å²) in [6, 6.07) is 9.51. The molecule has 1 unspecified atom stereocenters. The number of benzene rings is 1. The molecule has 0 spiro atoms. The number of rotatable bonds is 3. The van der Waals surface area contributed by atoms with Gasteiger partial charge in [-0.3, -0.25) is 14.5 Å². The van der Waals surface area contributed by atoms with Crippen LogP contribution in [0.4, 0.5) is 0 Å². The van der Waals surface area contributed by atoms with Gasteiger partial charge >= 0.3 is 0 Å². The van der Waals surface area contributed by atoms with E-state index in [2.05, 4.69) is 5.16 Å². The molecule has 1 aromatic carbocycles. The fraction of sp³-hybridized carbons (Fsp3) is 0.312. The second-order valence-electron chi connectivity index (χ2n) is 5.30. The van der Waals surface area contributed by atoms with Gasteiger partial charge in [0.1, 0.15) is 5.76 Å². The summed E-state index contributed by atoms with van der Waals surface area (Å²) in [6.07, 6.45) is 0.189. The standard InChI is InChI=1S/C16H16N2O3/c1-10-15(11(2)21-17-10)13-8-14(19)18(16(13)20)9-12-6-4-3-5-7-12/h3-7,13H,8-9H2,1-2H3. The molecule has 2 amide bonds. The van der Waals surface area contributed by atoms with Crippen LogP contribution in [0.2, 0.25) is 0 Å². The number of nitrogens with zero attached hydrogens (tertiary/aromatic N) is 2. The summed E-state index contributed by atoms with van der Waals surface area (Å²) in [5.41, 5.74) is 2.38. The summed E-state index contributed by atoms with van der Waals surface area (Å²) >= 11 is 0. The van der Waals surface area contributed by atoms with Crippen molar-refractivity contribution in [3.8, 4) is 0 Å². The number of hydrogen-bond donors (Lipinski definition) is 0. The van der Waals surface area contributed by atoms with Crippen molar-refractivity contribution < 1.29 is 14.1 Å². The molecule has 0 saturated carbocycles. The molecule has 5 heteroatoms. The third-order valence-electron chi connectivity index (χ3n) is 3.86. The van der Waals surface area contributed by atoms with Crippen molar-refractivity contribution in [3.05, 3.63) is 52.9 Å². The summed E-state index contributed by atoms with van der Waals surface area (Å²) in [4.78, 5) is 26.1. The SMILES string of the molecule is Cc1noc(C)c1C1CC(=O)N(Cc2ccccc2)C1=O. The van der Waals surface area contributed by atoms with E-state index in [1.54, 1.807) is 13.8 Å². The van der Waals surface area contributed by atoms with E-state index in [1.165, 1.54) is 4.90 Å². The van der Waals surface area contributed by atoms with Crippen molar-refractivity contribution in [1.29, 1.82) is 0 Å². The van der Waals surface area contributed by atoms with E-state index >= 15 is 0 Å². The van der Waals surface area contributed by atoms with Crippen molar-refractivity contribution in [2.45, 2.75) is 32.7 Å². The quantitative estimate of drug-likeness (QED) is 0.811. The van der Waals surface area contributed by atoms with Crippen molar-refractivity contribution in [2.24, 2.45) is 0 Å². The Balaban J connectivity index is 1.86. The fourth-order valence-corrected chi connectivity index (χ4v) is 2.83. The molecule has 108 valence electrons. The minimum atomic E-state index is -0.465. The fourth-order valence-electron chi connectivity index (χ4n) is 2.83. The number of aromatic nitrogens is 1. The van der Waals surface area contributed by atoms with Crippen LogP contribution in [0.15, 0.2) is 34.9 Å². The number of carbonyl (C=O) groups excluding carboxylic acids is 2. The normalized spacial score (nSPS) is 18.6. The highest BCUT2D eigenvalue weighted by atomic mass is 16.5. The minimum absolute atomic E-state index is 0.145. The molecular weight excluding hydrogens is 268 g/mol. The van der Waals surface area contributed by atoms with E-state index in [4.69, 9.17) is 4.52 Å². The van der Waals surface area contributed by atoms with Gasteiger partial charge in [0.05, 0.1) is 18.2 Å². The Kier molecular flexibility index (Phi) is 3.33. The highest BCUT2D eigenvalue weighted by Gasteiger charge is 2.41. The van der Waals surface area contributed by atoms with Crippen LogP contribution in [0.5, 0.6) is 0 Å². The monoisotopic (exact) mass is 284 g/mol. The van der Waals surface area contributed by atoms with Gasteiger partial charge in [0.15, 0.2) is 0 Å². The van der Waals surface area contributed by atoms with Crippen molar-refractivity contribution >= 4 is 11.8 Å². The lowest BCUT2D eigenvalue weighted by atomic mass is 9.96. The maximum absolute atomic E-state index is 12.6. The van der Waals surface area contributed by atoms with Gasteiger partial charge in [0.2, 0.25) is 11.8 Å². The van der Waals surface area contributed by atoms with Gasteiger partial charge in [-0.15, -0.1) is 0 Å².